The summed E-state index contributed by atoms with van der Waals surface area (Å²) in [6, 6.07) is 14.3. The standard InChI is InChI=1S/C32H43ClFN3O/c1-25-9-11-26(12-10-25)32(16-22-35-20-13-27(14-21-35)36-17-3-2-4-18-36)15-6-19-37(24-32)31(38)23-28-29(33)7-5-8-30(28)34/h5,7-12,27H,2-4,6,13-24H2,1H3. The van der Waals surface area contributed by atoms with Gasteiger partial charge in [0.15, 0.2) is 0 Å². The van der Waals surface area contributed by atoms with Crippen molar-refractivity contribution in [1.29, 1.82) is 0 Å². The summed E-state index contributed by atoms with van der Waals surface area (Å²) in [7, 11) is 0. The van der Waals surface area contributed by atoms with Gasteiger partial charge in [0.05, 0.1) is 6.42 Å². The van der Waals surface area contributed by atoms with Crippen molar-refractivity contribution in [2.45, 2.75) is 76.2 Å². The fourth-order valence-electron chi connectivity index (χ4n) is 6.96. The number of benzene rings is 2. The minimum Gasteiger partial charge on any atom is -0.342 e. The Labute approximate surface area is 233 Å². The highest BCUT2D eigenvalue weighted by Gasteiger charge is 2.39. The number of rotatable bonds is 7. The number of carbonyl (C=O) groups is 1. The summed E-state index contributed by atoms with van der Waals surface area (Å²) in [5.41, 5.74) is 2.81. The molecule has 5 rings (SSSR count). The quantitative estimate of drug-likeness (QED) is 0.417. The first-order valence-corrected chi connectivity index (χ1v) is 15.1. The van der Waals surface area contributed by atoms with Gasteiger partial charge >= 0.3 is 0 Å². The second-order valence-electron chi connectivity index (χ2n) is 11.9. The van der Waals surface area contributed by atoms with Crippen LogP contribution in [0.5, 0.6) is 0 Å². The predicted octanol–water partition coefficient (Wildman–Crippen LogP) is 6.23. The molecule has 0 aliphatic carbocycles. The van der Waals surface area contributed by atoms with Crippen LogP contribution >= 0.6 is 11.6 Å². The van der Waals surface area contributed by atoms with Gasteiger partial charge in [0.1, 0.15) is 5.82 Å². The van der Waals surface area contributed by atoms with Crippen LogP contribution in [0, 0.1) is 12.7 Å². The normalized spacial score (nSPS) is 24.0. The van der Waals surface area contributed by atoms with Crippen molar-refractivity contribution in [2.24, 2.45) is 0 Å². The van der Waals surface area contributed by atoms with Crippen LogP contribution in [0.3, 0.4) is 0 Å². The molecule has 2 aromatic carbocycles. The fraction of sp³-hybridized carbons (Fsp3) is 0.594. The second kappa shape index (κ2) is 12.5. The number of hydrogen-bond acceptors (Lipinski definition) is 3. The summed E-state index contributed by atoms with van der Waals surface area (Å²) in [6.45, 7) is 9.48. The molecule has 3 fully saturated rings. The highest BCUT2D eigenvalue weighted by molar-refractivity contribution is 6.31. The van der Waals surface area contributed by atoms with Crippen molar-refractivity contribution in [3.8, 4) is 0 Å². The molecule has 0 saturated carbocycles. The summed E-state index contributed by atoms with van der Waals surface area (Å²) in [5, 5.41) is 0.327. The van der Waals surface area contributed by atoms with E-state index in [4.69, 9.17) is 11.6 Å². The molecular weight excluding hydrogens is 497 g/mol. The summed E-state index contributed by atoms with van der Waals surface area (Å²) in [5.74, 6) is -0.434. The number of carbonyl (C=O) groups excluding carboxylic acids is 1. The van der Waals surface area contributed by atoms with Gasteiger partial charge in [-0.3, -0.25) is 4.79 Å². The highest BCUT2D eigenvalue weighted by atomic mass is 35.5. The minimum absolute atomic E-state index is 0.0134. The van der Waals surface area contributed by atoms with Gasteiger partial charge in [0.25, 0.3) is 0 Å². The maximum Gasteiger partial charge on any atom is 0.227 e. The maximum absolute atomic E-state index is 14.4. The maximum atomic E-state index is 14.4. The van der Waals surface area contributed by atoms with Crippen LogP contribution in [-0.4, -0.2) is 72.5 Å². The summed E-state index contributed by atoms with van der Waals surface area (Å²) in [6.07, 6.45) is 9.73. The van der Waals surface area contributed by atoms with Gasteiger partial charge in [-0.15, -0.1) is 0 Å². The Bertz CT molecular complexity index is 1060. The van der Waals surface area contributed by atoms with E-state index in [0.29, 0.717) is 17.1 Å². The van der Waals surface area contributed by atoms with Crippen LogP contribution in [0.4, 0.5) is 4.39 Å². The van der Waals surface area contributed by atoms with E-state index >= 15 is 0 Å². The Kier molecular flexibility index (Phi) is 9.07. The van der Waals surface area contributed by atoms with Gasteiger partial charge in [-0.25, -0.2) is 4.39 Å². The number of aryl methyl sites for hydroxylation is 1. The molecule has 1 unspecified atom stereocenters. The number of piperidine rings is 3. The van der Waals surface area contributed by atoms with Crippen LogP contribution in [0.2, 0.25) is 5.02 Å². The van der Waals surface area contributed by atoms with Crippen LogP contribution in [-0.2, 0) is 16.6 Å². The first-order valence-electron chi connectivity index (χ1n) is 14.7. The van der Waals surface area contributed by atoms with Crippen LogP contribution in [0.1, 0.15) is 68.1 Å². The summed E-state index contributed by atoms with van der Waals surface area (Å²) >= 11 is 6.26. The molecule has 6 heteroatoms. The van der Waals surface area contributed by atoms with E-state index in [1.54, 1.807) is 12.1 Å². The molecule has 3 heterocycles. The monoisotopic (exact) mass is 539 g/mol. The zero-order valence-electron chi connectivity index (χ0n) is 22.9. The number of halogens is 2. The molecule has 3 saturated heterocycles. The van der Waals surface area contributed by atoms with E-state index < -0.39 is 5.82 Å². The summed E-state index contributed by atoms with van der Waals surface area (Å²) in [4.78, 5) is 20.8. The zero-order chi connectivity index (χ0) is 26.5. The van der Waals surface area contributed by atoms with Crippen molar-refractivity contribution in [3.05, 3.63) is 70.0 Å². The van der Waals surface area contributed by atoms with Crippen LogP contribution in [0.15, 0.2) is 42.5 Å². The number of amides is 1. The Hall–Kier alpha value is -1.95. The van der Waals surface area contributed by atoms with E-state index in [1.165, 1.54) is 75.5 Å². The van der Waals surface area contributed by atoms with Crippen molar-refractivity contribution in [3.63, 3.8) is 0 Å². The lowest BCUT2D eigenvalue weighted by molar-refractivity contribution is -0.133. The van der Waals surface area contributed by atoms with Gasteiger partial charge in [0, 0.05) is 35.1 Å². The molecule has 0 aromatic heterocycles. The Balaban J connectivity index is 1.26. The van der Waals surface area contributed by atoms with Crippen molar-refractivity contribution in [1.82, 2.24) is 14.7 Å². The first-order chi connectivity index (χ1) is 18.4. The van der Waals surface area contributed by atoms with E-state index in [0.717, 1.165) is 38.4 Å². The molecule has 2 aromatic rings. The van der Waals surface area contributed by atoms with Crippen molar-refractivity contribution in [2.75, 3.05) is 45.8 Å². The average Bonchev–Trinajstić information content (AvgIpc) is 2.95. The lowest BCUT2D eigenvalue weighted by atomic mass is 9.71. The molecule has 38 heavy (non-hydrogen) atoms. The molecule has 0 spiro atoms. The summed E-state index contributed by atoms with van der Waals surface area (Å²) < 4.78 is 14.4. The minimum atomic E-state index is -0.402. The molecule has 0 bridgehead atoms. The molecule has 3 aliphatic heterocycles. The Morgan fingerprint density at radius 3 is 2.42 bits per heavy atom. The van der Waals surface area contributed by atoms with Crippen molar-refractivity contribution >= 4 is 17.5 Å². The number of nitrogens with zero attached hydrogens (tertiary/aromatic N) is 3. The van der Waals surface area contributed by atoms with Gasteiger partial charge < -0.3 is 14.7 Å². The van der Waals surface area contributed by atoms with Crippen LogP contribution < -0.4 is 0 Å². The van der Waals surface area contributed by atoms with Gasteiger partial charge in [-0.1, -0.05) is 53.9 Å². The fourth-order valence-corrected chi connectivity index (χ4v) is 7.19. The third-order valence-electron chi connectivity index (χ3n) is 9.35. The third kappa shape index (κ3) is 6.43. The SMILES string of the molecule is Cc1ccc(C2(CCN3CCC(N4CCCCC4)CC3)CCCN(C(=O)Cc3c(F)cccc3Cl)C2)cc1. The van der Waals surface area contributed by atoms with Crippen LogP contribution in [0.25, 0.3) is 0 Å². The van der Waals surface area contributed by atoms with Gasteiger partial charge in [-0.2, -0.15) is 0 Å². The number of hydrogen-bond donors (Lipinski definition) is 0. The van der Waals surface area contributed by atoms with Gasteiger partial charge in [0.2, 0.25) is 5.91 Å². The lowest BCUT2D eigenvalue weighted by Crippen LogP contribution is -2.51. The molecule has 206 valence electrons. The molecule has 4 nitrogen and oxygen atoms in total. The number of likely N-dealkylation sites (tertiary alicyclic amines) is 3. The molecule has 0 radical (unpaired) electrons. The molecular formula is C32H43ClFN3O. The largest absolute Gasteiger partial charge is 0.342 e. The first kappa shape index (κ1) is 27.6. The van der Waals surface area contributed by atoms with E-state index in [2.05, 4.69) is 41.0 Å². The Morgan fingerprint density at radius 2 is 1.71 bits per heavy atom. The lowest BCUT2D eigenvalue weighted by Gasteiger charge is -2.45. The van der Waals surface area contributed by atoms with E-state index in [-0.39, 0.29) is 17.7 Å². The second-order valence-corrected chi connectivity index (χ2v) is 12.3. The van der Waals surface area contributed by atoms with E-state index in [1.807, 2.05) is 4.90 Å². The predicted molar refractivity (Wildman–Crippen MR) is 153 cm³/mol. The molecule has 0 N–H and O–H groups in total. The molecule has 3 aliphatic rings. The Morgan fingerprint density at radius 1 is 0.974 bits per heavy atom. The smallest absolute Gasteiger partial charge is 0.227 e. The zero-order valence-corrected chi connectivity index (χ0v) is 23.7. The average molecular weight is 540 g/mol. The molecule has 1 amide bonds. The van der Waals surface area contributed by atoms with Crippen molar-refractivity contribution < 1.29 is 9.18 Å². The third-order valence-corrected chi connectivity index (χ3v) is 9.71. The van der Waals surface area contributed by atoms with Gasteiger partial charge in [-0.05, 0) is 102 Å². The van der Waals surface area contributed by atoms with E-state index in [9.17, 15) is 9.18 Å². The topological polar surface area (TPSA) is 26.8 Å². The molecule has 1 atom stereocenters. The highest BCUT2D eigenvalue weighted by Crippen LogP contribution is 2.38.